The molecule has 1 atom stereocenters. The predicted octanol–water partition coefficient (Wildman–Crippen LogP) is 3.46. The molecule has 0 radical (unpaired) electrons. The second-order valence-electron chi connectivity index (χ2n) is 8.28. The van der Waals surface area contributed by atoms with Gasteiger partial charge in [0.2, 0.25) is 5.91 Å². The van der Waals surface area contributed by atoms with Crippen LogP contribution in [0.15, 0.2) is 35.8 Å². The Bertz CT molecular complexity index is 793. The SMILES string of the molecule is Cc1cccnc1CN1CCN(C(=O)[C@]2(c3cccs3)CC2(C)C)CC1. The normalized spacial score (nSPS) is 25.3. The molecular formula is C21H27N3OS. The summed E-state index contributed by atoms with van der Waals surface area (Å²) in [6, 6.07) is 8.30. The largest absolute Gasteiger partial charge is 0.339 e. The Balaban J connectivity index is 1.42. The molecule has 2 aliphatic rings. The van der Waals surface area contributed by atoms with Gasteiger partial charge in [0.1, 0.15) is 0 Å². The van der Waals surface area contributed by atoms with E-state index in [0.29, 0.717) is 5.91 Å². The summed E-state index contributed by atoms with van der Waals surface area (Å²) >= 11 is 1.72. The molecular weight excluding hydrogens is 342 g/mol. The number of rotatable bonds is 4. The summed E-state index contributed by atoms with van der Waals surface area (Å²) in [6.45, 7) is 10.9. The van der Waals surface area contributed by atoms with E-state index in [1.165, 1.54) is 10.4 Å². The van der Waals surface area contributed by atoms with E-state index in [1.54, 1.807) is 11.3 Å². The van der Waals surface area contributed by atoms with Gasteiger partial charge in [-0.25, -0.2) is 0 Å². The van der Waals surface area contributed by atoms with Crippen molar-refractivity contribution in [2.45, 2.75) is 39.2 Å². The molecule has 138 valence electrons. The van der Waals surface area contributed by atoms with Gasteiger partial charge in [0.05, 0.1) is 11.1 Å². The van der Waals surface area contributed by atoms with E-state index >= 15 is 0 Å². The van der Waals surface area contributed by atoms with Gasteiger partial charge >= 0.3 is 0 Å². The predicted molar refractivity (Wildman–Crippen MR) is 105 cm³/mol. The zero-order valence-electron chi connectivity index (χ0n) is 15.9. The highest BCUT2D eigenvalue weighted by Crippen LogP contribution is 2.66. The Labute approximate surface area is 159 Å². The minimum absolute atomic E-state index is 0.0666. The van der Waals surface area contributed by atoms with Crippen molar-refractivity contribution < 1.29 is 4.79 Å². The highest BCUT2D eigenvalue weighted by molar-refractivity contribution is 7.10. The molecule has 1 amide bonds. The van der Waals surface area contributed by atoms with Crippen LogP contribution in [0.2, 0.25) is 0 Å². The molecule has 2 fully saturated rings. The van der Waals surface area contributed by atoms with Crippen molar-refractivity contribution >= 4 is 17.2 Å². The first-order valence-electron chi connectivity index (χ1n) is 9.40. The van der Waals surface area contributed by atoms with Gasteiger partial charge in [-0.15, -0.1) is 11.3 Å². The molecule has 0 aromatic carbocycles. The summed E-state index contributed by atoms with van der Waals surface area (Å²) in [7, 11) is 0. The first-order chi connectivity index (χ1) is 12.4. The lowest BCUT2D eigenvalue weighted by atomic mass is 9.92. The van der Waals surface area contributed by atoms with Crippen LogP contribution in [0.25, 0.3) is 0 Å². The third kappa shape index (κ3) is 2.87. The van der Waals surface area contributed by atoms with Crippen molar-refractivity contribution in [3.63, 3.8) is 0 Å². The molecule has 3 heterocycles. The minimum atomic E-state index is -0.291. The Morgan fingerprint density at radius 1 is 1.19 bits per heavy atom. The average Bonchev–Trinajstić information content (AvgIpc) is 3.00. The smallest absolute Gasteiger partial charge is 0.234 e. The minimum Gasteiger partial charge on any atom is -0.339 e. The molecule has 1 saturated heterocycles. The molecule has 2 aromatic heterocycles. The molecule has 1 aliphatic heterocycles. The van der Waals surface area contributed by atoms with Gasteiger partial charge in [0, 0.05) is 43.8 Å². The van der Waals surface area contributed by atoms with Gasteiger partial charge in [0.15, 0.2) is 0 Å². The zero-order valence-corrected chi connectivity index (χ0v) is 16.7. The van der Waals surface area contributed by atoms with Crippen molar-refractivity contribution in [2.24, 2.45) is 5.41 Å². The number of hydrogen-bond acceptors (Lipinski definition) is 4. The standard InChI is InChI=1S/C21H27N3OS/c1-16-6-4-8-22-17(16)14-23-9-11-24(12-10-23)19(25)21(15-20(21,2)3)18-7-5-13-26-18/h4-8,13H,9-12,14-15H2,1-3H3/t21-/m1/s1. The van der Waals surface area contributed by atoms with E-state index in [4.69, 9.17) is 0 Å². The number of thiophene rings is 1. The third-order valence-corrected chi connectivity index (χ3v) is 7.23. The Hall–Kier alpha value is -1.72. The van der Waals surface area contributed by atoms with Crippen LogP contribution >= 0.6 is 11.3 Å². The molecule has 2 aromatic rings. The van der Waals surface area contributed by atoms with Crippen molar-refractivity contribution in [1.29, 1.82) is 0 Å². The topological polar surface area (TPSA) is 36.4 Å². The third-order valence-electron chi connectivity index (χ3n) is 6.20. The zero-order chi connectivity index (χ0) is 18.4. The maximum absolute atomic E-state index is 13.4. The second-order valence-corrected chi connectivity index (χ2v) is 9.23. The van der Waals surface area contributed by atoms with E-state index in [0.717, 1.165) is 44.8 Å². The molecule has 5 heteroatoms. The Morgan fingerprint density at radius 3 is 2.50 bits per heavy atom. The van der Waals surface area contributed by atoms with Crippen LogP contribution < -0.4 is 0 Å². The van der Waals surface area contributed by atoms with Gasteiger partial charge in [-0.05, 0) is 41.8 Å². The van der Waals surface area contributed by atoms with Gasteiger partial charge < -0.3 is 4.90 Å². The molecule has 1 aliphatic carbocycles. The number of piperazine rings is 1. The van der Waals surface area contributed by atoms with E-state index in [9.17, 15) is 4.79 Å². The summed E-state index contributed by atoms with van der Waals surface area (Å²) in [6.07, 6.45) is 2.83. The molecule has 1 saturated carbocycles. The number of amides is 1. The molecule has 4 rings (SSSR count). The van der Waals surface area contributed by atoms with Crippen LogP contribution in [0.1, 0.15) is 36.4 Å². The summed E-state index contributed by atoms with van der Waals surface area (Å²) in [5.41, 5.74) is 2.16. The van der Waals surface area contributed by atoms with Crippen LogP contribution in [0.5, 0.6) is 0 Å². The number of carbonyl (C=O) groups excluding carboxylic acids is 1. The fraction of sp³-hybridized carbons (Fsp3) is 0.524. The van der Waals surface area contributed by atoms with Crippen molar-refractivity contribution in [3.05, 3.63) is 52.0 Å². The average molecular weight is 370 g/mol. The number of hydrogen-bond donors (Lipinski definition) is 0. The number of aryl methyl sites for hydroxylation is 1. The van der Waals surface area contributed by atoms with E-state index < -0.39 is 0 Å². The van der Waals surface area contributed by atoms with Gasteiger partial charge in [-0.1, -0.05) is 26.0 Å². The summed E-state index contributed by atoms with van der Waals surface area (Å²) in [5.74, 6) is 0.332. The van der Waals surface area contributed by atoms with E-state index in [1.807, 2.05) is 12.3 Å². The second kappa shape index (κ2) is 6.46. The van der Waals surface area contributed by atoms with Crippen LogP contribution in [0, 0.1) is 12.3 Å². The monoisotopic (exact) mass is 369 g/mol. The fourth-order valence-corrected chi connectivity index (χ4v) is 5.40. The lowest BCUT2D eigenvalue weighted by Gasteiger charge is -2.37. The summed E-state index contributed by atoms with van der Waals surface area (Å²) in [4.78, 5) is 23.7. The first-order valence-corrected chi connectivity index (χ1v) is 10.3. The van der Waals surface area contributed by atoms with E-state index in [-0.39, 0.29) is 10.8 Å². The van der Waals surface area contributed by atoms with Crippen molar-refractivity contribution in [2.75, 3.05) is 26.2 Å². The summed E-state index contributed by atoms with van der Waals surface area (Å²) in [5, 5.41) is 2.09. The molecule has 4 nitrogen and oxygen atoms in total. The number of carbonyl (C=O) groups is 1. The number of pyridine rings is 1. The molecule has 26 heavy (non-hydrogen) atoms. The lowest BCUT2D eigenvalue weighted by Crippen LogP contribution is -2.52. The Kier molecular flexibility index (Phi) is 4.40. The molecule has 0 N–H and O–H groups in total. The van der Waals surface area contributed by atoms with E-state index in [2.05, 4.69) is 59.1 Å². The number of nitrogens with zero attached hydrogens (tertiary/aromatic N) is 3. The van der Waals surface area contributed by atoms with Crippen LogP contribution in [-0.2, 0) is 16.8 Å². The maximum atomic E-state index is 13.4. The van der Waals surface area contributed by atoms with Gasteiger partial charge in [-0.2, -0.15) is 0 Å². The highest BCUT2D eigenvalue weighted by Gasteiger charge is 2.68. The number of aromatic nitrogens is 1. The molecule has 0 bridgehead atoms. The highest BCUT2D eigenvalue weighted by atomic mass is 32.1. The van der Waals surface area contributed by atoms with Gasteiger partial charge in [0.25, 0.3) is 0 Å². The summed E-state index contributed by atoms with van der Waals surface area (Å²) < 4.78 is 0. The quantitative estimate of drug-likeness (QED) is 0.828. The maximum Gasteiger partial charge on any atom is 0.234 e. The molecule has 0 unspecified atom stereocenters. The van der Waals surface area contributed by atoms with Gasteiger partial charge in [-0.3, -0.25) is 14.7 Å². The van der Waals surface area contributed by atoms with Crippen molar-refractivity contribution in [1.82, 2.24) is 14.8 Å². The van der Waals surface area contributed by atoms with Crippen LogP contribution in [0.4, 0.5) is 0 Å². The van der Waals surface area contributed by atoms with Crippen molar-refractivity contribution in [3.8, 4) is 0 Å². The lowest BCUT2D eigenvalue weighted by molar-refractivity contribution is -0.136. The van der Waals surface area contributed by atoms with Crippen LogP contribution in [-0.4, -0.2) is 46.9 Å². The first kappa shape index (κ1) is 17.7. The molecule has 0 spiro atoms. The fourth-order valence-electron chi connectivity index (χ4n) is 4.31. The van der Waals surface area contributed by atoms with Crippen LogP contribution in [0.3, 0.4) is 0 Å². The Morgan fingerprint density at radius 2 is 1.92 bits per heavy atom.